The summed E-state index contributed by atoms with van der Waals surface area (Å²) >= 11 is 0. The van der Waals surface area contributed by atoms with Gasteiger partial charge in [-0.15, -0.1) is 0 Å². The highest BCUT2D eigenvalue weighted by atomic mass is 16.1. The van der Waals surface area contributed by atoms with Crippen molar-refractivity contribution in [2.75, 3.05) is 24.8 Å². The van der Waals surface area contributed by atoms with Gasteiger partial charge in [0.05, 0.1) is 5.69 Å². The summed E-state index contributed by atoms with van der Waals surface area (Å²) in [5, 5.41) is 6.69. The van der Waals surface area contributed by atoms with Crippen LogP contribution in [0.3, 0.4) is 0 Å². The van der Waals surface area contributed by atoms with Crippen LogP contribution in [0.4, 0.5) is 11.4 Å². The van der Waals surface area contributed by atoms with E-state index in [9.17, 15) is 4.79 Å². The number of anilines is 2. The molecule has 16 heavy (non-hydrogen) atoms. The molecule has 1 amide bonds. The largest absolute Gasteiger partial charge is 0.367 e. The van der Waals surface area contributed by atoms with Gasteiger partial charge in [0.2, 0.25) is 5.91 Å². The van der Waals surface area contributed by atoms with E-state index < -0.39 is 0 Å². The van der Waals surface area contributed by atoms with Gasteiger partial charge in [0, 0.05) is 26.7 Å². The quantitative estimate of drug-likeness (QED) is 0.460. The molecule has 5 heteroatoms. The fourth-order valence-corrected chi connectivity index (χ4v) is 1.05. The summed E-state index contributed by atoms with van der Waals surface area (Å²) in [5.74, 6) is -0.0775. The lowest BCUT2D eigenvalue weighted by molar-refractivity contribution is -0.114. The number of nitrogens with zero attached hydrogens (tertiary/aromatic N) is 2. The first-order valence-corrected chi connectivity index (χ1v) is 4.91. The van der Waals surface area contributed by atoms with E-state index in [4.69, 9.17) is 0 Å². The Morgan fingerprint density at radius 1 is 1.25 bits per heavy atom. The Balaban J connectivity index is 2.54. The second-order valence-corrected chi connectivity index (χ2v) is 3.58. The minimum absolute atomic E-state index is 0.0775. The van der Waals surface area contributed by atoms with Gasteiger partial charge in [0.15, 0.2) is 0 Å². The Bertz CT molecular complexity index is 370. The Kier molecular flexibility index (Phi) is 4.32. The molecule has 0 aliphatic heterocycles. The van der Waals surface area contributed by atoms with Crippen LogP contribution >= 0.6 is 0 Å². The molecule has 0 saturated heterocycles. The molecular weight excluding hydrogens is 204 g/mol. The highest BCUT2D eigenvalue weighted by Crippen LogP contribution is 2.13. The molecule has 0 unspecified atom stereocenters. The lowest BCUT2D eigenvalue weighted by Gasteiger charge is -2.05. The summed E-state index contributed by atoms with van der Waals surface area (Å²) in [6.45, 7) is 1.48. The van der Waals surface area contributed by atoms with Crippen LogP contribution < -0.4 is 10.7 Å². The van der Waals surface area contributed by atoms with Crippen LogP contribution in [0.5, 0.6) is 0 Å². The minimum atomic E-state index is -0.0775. The van der Waals surface area contributed by atoms with E-state index in [1.54, 1.807) is 6.34 Å². The first-order chi connectivity index (χ1) is 7.58. The van der Waals surface area contributed by atoms with Gasteiger partial charge in [-0.25, -0.2) is 0 Å². The average Bonchev–Trinajstić information content (AvgIpc) is 2.19. The van der Waals surface area contributed by atoms with Crippen LogP contribution in [0.2, 0.25) is 0 Å². The van der Waals surface area contributed by atoms with Crippen molar-refractivity contribution >= 4 is 23.6 Å². The summed E-state index contributed by atoms with van der Waals surface area (Å²) in [7, 11) is 3.79. The van der Waals surface area contributed by atoms with Crippen molar-refractivity contribution in [1.29, 1.82) is 0 Å². The highest BCUT2D eigenvalue weighted by Gasteiger charge is 1.94. The summed E-state index contributed by atoms with van der Waals surface area (Å²) in [6, 6.07) is 7.32. The molecule has 2 N–H and O–H groups in total. The van der Waals surface area contributed by atoms with Gasteiger partial charge in [-0.1, -0.05) is 0 Å². The molecule has 0 bridgehead atoms. The maximum absolute atomic E-state index is 10.8. The van der Waals surface area contributed by atoms with Gasteiger partial charge in [-0.3, -0.25) is 10.2 Å². The van der Waals surface area contributed by atoms with Gasteiger partial charge in [0.1, 0.15) is 6.34 Å². The van der Waals surface area contributed by atoms with Crippen LogP contribution in [0.1, 0.15) is 6.92 Å². The van der Waals surface area contributed by atoms with Crippen molar-refractivity contribution in [1.82, 2.24) is 4.90 Å². The Hall–Kier alpha value is -2.04. The minimum Gasteiger partial charge on any atom is -0.367 e. The molecule has 0 fully saturated rings. The number of hydrogen-bond acceptors (Lipinski definition) is 3. The maximum atomic E-state index is 10.8. The molecule has 1 aromatic carbocycles. The number of carbonyl (C=O) groups is 1. The molecule has 0 spiro atoms. The number of hydrazone groups is 1. The van der Waals surface area contributed by atoms with E-state index in [2.05, 4.69) is 15.8 Å². The fourth-order valence-electron chi connectivity index (χ4n) is 1.05. The van der Waals surface area contributed by atoms with E-state index in [1.165, 1.54) is 6.92 Å². The van der Waals surface area contributed by atoms with Crippen molar-refractivity contribution in [3.63, 3.8) is 0 Å². The molecule has 1 aromatic rings. The van der Waals surface area contributed by atoms with Crippen molar-refractivity contribution in [2.45, 2.75) is 6.92 Å². The zero-order valence-electron chi connectivity index (χ0n) is 9.69. The van der Waals surface area contributed by atoms with Crippen LogP contribution in [0, 0.1) is 0 Å². The van der Waals surface area contributed by atoms with E-state index in [0.717, 1.165) is 11.4 Å². The standard InChI is InChI=1S/C11H16N4O/c1-9(16)13-10-4-6-11(7-5-10)14-12-8-15(2)3/h4-8,14H,1-3H3,(H,13,16)/b12-8-. The Morgan fingerprint density at radius 3 is 2.31 bits per heavy atom. The van der Waals surface area contributed by atoms with Gasteiger partial charge in [0.25, 0.3) is 0 Å². The second-order valence-electron chi connectivity index (χ2n) is 3.58. The lowest BCUT2D eigenvalue weighted by atomic mass is 10.3. The predicted molar refractivity (Wildman–Crippen MR) is 66.5 cm³/mol. The van der Waals surface area contributed by atoms with E-state index in [1.807, 2.05) is 43.3 Å². The van der Waals surface area contributed by atoms with E-state index in [0.29, 0.717) is 0 Å². The third kappa shape index (κ3) is 4.45. The number of nitrogens with one attached hydrogen (secondary N) is 2. The number of hydrogen-bond donors (Lipinski definition) is 2. The average molecular weight is 220 g/mol. The van der Waals surface area contributed by atoms with Gasteiger partial charge in [-0.2, -0.15) is 5.10 Å². The van der Waals surface area contributed by atoms with Crippen LogP contribution in [-0.4, -0.2) is 31.2 Å². The zero-order chi connectivity index (χ0) is 12.0. The molecule has 0 saturated carbocycles. The Morgan fingerprint density at radius 2 is 1.81 bits per heavy atom. The Labute approximate surface area is 95.1 Å². The molecule has 0 aliphatic rings. The lowest BCUT2D eigenvalue weighted by Crippen LogP contribution is -2.09. The predicted octanol–water partition coefficient (Wildman–Crippen LogP) is 1.56. The number of amides is 1. The molecule has 0 atom stereocenters. The molecule has 86 valence electrons. The molecule has 0 heterocycles. The molecular formula is C11H16N4O. The SMILES string of the molecule is CC(=O)Nc1ccc(N/N=C\N(C)C)cc1. The summed E-state index contributed by atoms with van der Waals surface area (Å²) in [6.07, 6.45) is 1.67. The second kappa shape index (κ2) is 5.75. The summed E-state index contributed by atoms with van der Waals surface area (Å²) in [5.41, 5.74) is 4.51. The molecule has 0 aromatic heterocycles. The van der Waals surface area contributed by atoms with Crippen LogP contribution in [-0.2, 0) is 4.79 Å². The summed E-state index contributed by atoms with van der Waals surface area (Å²) in [4.78, 5) is 12.6. The third-order valence-corrected chi connectivity index (χ3v) is 1.69. The number of rotatable bonds is 4. The van der Waals surface area contributed by atoms with E-state index in [-0.39, 0.29) is 5.91 Å². The maximum Gasteiger partial charge on any atom is 0.221 e. The molecule has 1 rings (SSSR count). The van der Waals surface area contributed by atoms with Crippen molar-refractivity contribution in [3.8, 4) is 0 Å². The zero-order valence-corrected chi connectivity index (χ0v) is 9.69. The van der Waals surface area contributed by atoms with E-state index >= 15 is 0 Å². The highest BCUT2D eigenvalue weighted by molar-refractivity contribution is 5.88. The molecule has 5 nitrogen and oxygen atoms in total. The van der Waals surface area contributed by atoms with Crippen LogP contribution in [0.15, 0.2) is 29.4 Å². The van der Waals surface area contributed by atoms with Crippen molar-refractivity contribution in [3.05, 3.63) is 24.3 Å². The normalized spacial score (nSPS) is 10.2. The smallest absolute Gasteiger partial charge is 0.221 e. The monoisotopic (exact) mass is 220 g/mol. The first kappa shape index (κ1) is 12.0. The fraction of sp³-hybridized carbons (Fsp3) is 0.273. The van der Waals surface area contributed by atoms with Crippen molar-refractivity contribution < 1.29 is 4.79 Å². The molecule has 0 aliphatic carbocycles. The van der Waals surface area contributed by atoms with Crippen LogP contribution in [0.25, 0.3) is 0 Å². The number of benzene rings is 1. The first-order valence-electron chi connectivity index (χ1n) is 4.91. The molecule has 0 radical (unpaired) electrons. The van der Waals surface area contributed by atoms with Crippen molar-refractivity contribution in [2.24, 2.45) is 5.10 Å². The topological polar surface area (TPSA) is 56.7 Å². The van der Waals surface area contributed by atoms with Gasteiger partial charge in [-0.05, 0) is 24.3 Å². The third-order valence-electron chi connectivity index (χ3n) is 1.69. The van der Waals surface area contributed by atoms with Gasteiger partial charge >= 0.3 is 0 Å². The number of carbonyl (C=O) groups excluding carboxylic acids is 1. The van der Waals surface area contributed by atoms with Gasteiger partial charge < -0.3 is 10.2 Å². The summed E-state index contributed by atoms with van der Waals surface area (Å²) < 4.78 is 0.